The van der Waals surface area contributed by atoms with E-state index in [0.717, 1.165) is 21.8 Å². The lowest BCUT2D eigenvalue weighted by Gasteiger charge is -2.24. The van der Waals surface area contributed by atoms with Crippen molar-refractivity contribution < 1.29 is 4.84 Å². The van der Waals surface area contributed by atoms with Crippen LogP contribution >= 0.6 is 11.6 Å². The summed E-state index contributed by atoms with van der Waals surface area (Å²) >= 11 is 6.40. The van der Waals surface area contributed by atoms with E-state index in [1.54, 1.807) is 0 Å². The van der Waals surface area contributed by atoms with Crippen molar-refractivity contribution in [2.24, 2.45) is 4.99 Å². The van der Waals surface area contributed by atoms with Crippen molar-refractivity contribution in [3.63, 3.8) is 0 Å². The molecule has 112 valence electrons. The van der Waals surface area contributed by atoms with E-state index in [4.69, 9.17) is 16.4 Å². The molecule has 2 aromatic carbocycles. The second-order valence-electron chi connectivity index (χ2n) is 5.38. The first kappa shape index (κ1) is 13.8. The van der Waals surface area contributed by atoms with E-state index < -0.39 is 0 Å². The van der Waals surface area contributed by atoms with Crippen LogP contribution in [0.3, 0.4) is 0 Å². The number of hydrogen-bond donors (Lipinski definition) is 1. The molecular weight excluding hydrogens is 298 g/mol. The maximum absolute atomic E-state index is 6.40. The van der Waals surface area contributed by atoms with Crippen LogP contribution in [0, 0.1) is 0 Å². The van der Waals surface area contributed by atoms with Crippen molar-refractivity contribution in [2.75, 3.05) is 6.67 Å². The fraction of sp³-hybridized carbons (Fsp3) is 0.235. The molecule has 2 atom stereocenters. The van der Waals surface area contributed by atoms with Crippen LogP contribution in [-0.4, -0.2) is 23.3 Å². The van der Waals surface area contributed by atoms with Gasteiger partial charge in [0.2, 0.25) is 0 Å². The Morgan fingerprint density at radius 3 is 2.77 bits per heavy atom. The van der Waals surface area contributed by atoms with E-state index in [-0.39, 0.29) is 11.5 Å². The van der Waals surface area contributed by atoms with Crippen molar-refractivity contribution in [1.82, 2.24) is 10.4 Å². The minimum Gasteiger partial charge on any atom is -0.287 e. The Morgan fingerprint density at radius 1 is 1.14 bits per heavy atom. The molecule has 2 aromatic rings. The predicted octanol–water partition coefficient (Wildman–Crippen LogP) is 1.36. The average Bonchev–Trinajstić information content (AvgIpc) is 2.99. The van der Waals surface area contributed by atoms with Crippen LogP contribution < -0.4 is 15.9 Å². The highest BCUT2D eigenvalue weighted by molar-refractivity contribution is 6.21. The lowest BCUT2D eigenvalue weighted by molar-refractivity contribution is -0.116. The van der Waals surface area contributed by atoms with Crippen molar-refractivity contribution in [3.05, 3.63) is 70.7 Å². The molecule has 1 saturated heterocycles. The first-order valence-electron chi connectivity index (χ1n) is 7.32. The molecule has 1 fully saturated rings. The molecule has 5 heteroatoms. The van der Waals surface area contributed by atoms with Crippen molar-refractivity contribution >= 4 is 17.3 Å². The highest BCUT2D eigenvalue weighted by atomic mass is 35.5. The number of nitrogens with one attached hydrogen (secondary N) is 1. The number of fused-ring (bicyclic) bond motifs is 2. The predicted molar refractivity (Wildman–Crippen MR) is 85.1 cm³/mol. The summed E-state index contributed by atoms with van der Waals surface area (Å²) in [6.45, 7) is 1.14. The molecule has 0 bridgehead atoms. The third-order valence-corrected chi connectivity index (χ3v) is 4.32. The fourth-order valence-electron chi connectivity index (χ4n) is 2.90. The standard InChI is InChI=1S/C17H16ClN3O/c18-17-15-16(13-8-4-5-9-14(13)20-17)21(11-19-15)22-10-12-6-2-1-3-7-12/h1-9,15,17,19H,10-11H2. The number of rotatable bonds is 3. The Kier molecular flexibility index (Phi) is 3.58. The molecule has 0 spiro atoms. The van der Waals surface area contributed by atoms with Gasteiger partial charge in [0.05, 0.1) is 30.4 Å². The lowest BCUT2D eigenvalue weighted by atomic mass is 10.1. The number of halogens is 1. The molecule has 2 unspecified atom stereocenters. The number of alkyl halides is 1. The van der Waals surface area contributed by atoms with Gasteiger partial charge < -0.3 is 0 Å². The molecule has 0 aliphatic carbocycles. The van der Waals surface area contributed by atoms with Crippen LogP contribution in [-0.2, 0) is 11.4 Å². The number of hydrogen-bond acceptors (Lipinski definition) is 4. The summed E-state index contributed by atoms with van der Waals surface area (Å²) in [6, 6.07) is 18.2. The molecule has 0 aromatic heterocycles. The zero-order chi connectivity index (χ0) is 14.9. The first-order valence-corrected chi connectivity index (χ1v) is 7.75. The fourth-order valence-corrected chi connectivity index (χ4v) is 3.21. The van der Waals surface area contributed by atoms with Gasteiger partial charge in [0.1, 0.15) is 5.50 Å². The third-order valence-electron chi connectivity index (χ3n) is 3.97. The van der Waals surface area contributed by atoms with Crippen LogP contribution in [0.15, 0.2) is 59.6 Å². The van der Waals surface area contributed by atoms with Crippen LogP contribution in [0.2, 0.25) is 0 Å². The molecule has 4 nitrogen and oxygen atoms in total. The van der Waals surface area contributed by atoms with Gasteiger partial charge >= 0.3 is 0 Å². The average molecular weight is 314 g/mol. The zero-order valence-corrected chi connectivity index (χ0v) is 12.7. The minimum absolute atomic E-state index is 0.00709. The smallest absolute Gasteiger partial charge is 0.145 e. The van der Waals surface area contributed by atoms with Crippen molar-refractivity contribution in [3.8, 4) is 0 Å². The summed E-state index contributed by atoms with van der Waals surface area (Å²) in [5.74, 6) is 0. The normalized spacial score (nSPS) is 23.0. The van der Waals surface area contributed by atoms with E-state index in [1.807, 2.05) is 41.5 Å². The summed E-state index contributed by atoms with van der Waals surface area (Å²) in [6.07, 6.45) is 0. The molecule has 2 heterocycles. The summed E-state index contributed by atoms with van der Waals surface area (Å²) in [4.78, 5) is 10.5. The van der Waals surface area contributed by atoms with Gasteiger partial charge in [0.15, 0.2) is 0 Å². The van der Waals surface area contributed by atoms with Gasteiger partial charge in [-0.25, -0.2) is 5.06 Å². The maximum Gasteiger partial charge on any atom is 0.145 e. The lowest BCUT2D eigenvalue weighted by Crippen LogP contribution is -2.44. The third kappa shape index (κ3) is 2.39. The molecule has 2 aliphatic rings. The molecule has 0 radical (unpaired) electrons. The van der Waals surface area contributed by atoms with Crippen LogP contribution in [0.4, 0.5) is 0 Å². The highest BCUT2D eigenvalue weighted by Crippen LogP contribution is 2.24. The molecule has 1 N–H and O–H groups in total. The minimum atomic E-state index is -0.310. The molecule has 4 rings (SSSR count). The number of nitrogens with zero attached hydrogens (tertiary/aromatic N) is 2. The van der Waals surface area contributed by atoms with E-state index >= 15 is 0 Å². The SMILES string of the molecule is ClC1N=c2ccccc2=C2C1NCN2OCc1ccccc1. The van der Waals surface area contributed by atoms with Crippen LogP contribution in [0.25, 0.3) is 5.70 Å². The summed E-state index contributed by atoms with van der Waals surface area (Å²) in [5, 5.41) is 7.28. The maximum atomic E-state index is 6.40. The van der Waals surface area contributed by atoms with E-state index in [9.17, 15) is 0 Å². The van der Waals surface area contributed by atoms with Gasteiger partial charge in [-0.1, -0.05) is 60.1 Å². The Labute approximate surface area is 133 Å². The van der Waals surface area contributed by atoms with E-state index in [1.165, 1.54) is 0 Å². The largest absolute Gasteiger partial charge is 0.287 e. The van der Waals surface area contributed by atoms with Gasteiger partial charge in [-0.2, -0.15) is 0 Å². The topological polar surface area (TPSA) is 36.9 Å². The number of benzene rings is 2. The summed E-state index contributed by atoms with van der Waals surface area (Å²) in [5.41, 5.74) is 1.90. The Bertz CT molecular complexity index is 793. The monoisotopic (exact) mass is 313 g/mol. The van der Waals surface area contributed by atoms with Gasteiger partial charge in [0, 0.05) is 5.22 Å². The number of para-hydroxylation sites is 1. The second-order valence-corrected chi connectivity index (χ2v) is 5.83. The van der Waals surface area contributed by atoms with E-state index in [0.29, 0.717) is 13.3 Å². The summed E-state index contributed by atoms with van der Waals surface area (Å²) < 4.78 is 0. The Balaban J connectivity index is 1.67. The molecule has 2 aliphatic heterocycles. The molecular formula is C17H16ClN3O. The first-order chi connectivity index (χ1) is 10.8. The van der Waals surface area contributed by atoms with Gasteiger partial charge in [-0.05, 0) is 11.6 Å². The van der Waals surface area contributed by atoms with E-state index in [2.05, 4.69) is 28.5 Å². The zero-order valence-electron chi connectivity index (χ0n) is 11.9. The second kappa shape index (κ2) is 5.72. The van der Waals surface area contributed by atoms with Crippen LogP contribution in [0.5, 0.6) is 0 Å². The van der Waals surface area contributed by atoms with Crippen molar-refractivity contribution in [1.29, 1.82) is 0 Å². The highest BCUT2D eigenvalue weighted by Gasteiger charge is 2.36. The number of hydroxylamine groups is 2. The summed E-state index contributed by atoms with van der Waals surface area (Å²) in [7, 11) is 0. The molecule has 22 heavy (non-hydrogen) atoms. The van der Waals surface area contributed by atoms with Crippen LogP contribution in [0.1, 0.15) is 5.56 Å². The van der Waals surface area contributed by atoms with Gasteiger partial charge in [0.25, 0.3) is 0 Å². The quantitative estimate of drug-likeness (QED) is 0.686. The Hall–Kier alpha value is -1.88. The Morgan fingerprint density at radius 2 is 1.91 bits per heavy atom. The van der Waals surface area contributed by atoms with Gasteiger partial charge in [-0.3, -0.25) is 15.1 Å². The molecule has 0 saturated carbocycles. The van der Waals surface area contributed by atoms with Gasteiger partial charge in [-0.15, -0.1) is 0 Å². The van der Waals surface area contributed by atoms with Crippen molar-refractivity contribution in [2.45, 2.75) is 18.1 Å². The molecule has 0 amide bonds.